The van der Waals surface area contributed by atoms with E-state index in [1.165, 1.54) is 48.5 Å². The lowest BCUT2D eigenvalue weighted by Crippen LogP contribution is -2.47. The third-order valence-corrected chi connectivity index (χ3v) is 9.53. The van der Waals surface area contributed by atoms with Crippen molar-refractivity contribution in [1.82, 2.24) is 9.80 Å². The third-order valence-electron chi connectivity index (χ3n) is 8.40. The van der Waals surface area contributed by atoms with E-state index in [1.807, 2.05) is 11.8 Å². The van der Waals surface area contributed by atoms with Crippen LogP contribution < -0.4 is 14.2 Å². The van der Waals surface area contributed by atoms with Gasteiger partial charge in [-0.25, -0.2) is 24.0 Å². The Hall–Kier alpha value is -6.10. The Morgan fingerprint density at radius 3 is 1.67 bits per heavy atom. The van der Waals surface area contributed by atoms with Crippen LogP contribution in [0.5, 0.6) is 17.2 Å². The maximum absolute atomic E-state index is 12.7. The van der Waals surface area contributed by atoms with Crippen LogP contribution in [0.4, 0.5) is 0 Å². The van der Waals surface area contributed by atoms with E-state index in [4.69, 9.17) is 39.4 Å². The monoisotopic (exact) mass is 806 g/mol. The third kappa shape index (κ3) is 15.2. The zero-order valence-corrected chi connectivity index (χ0v) is 32.6. The maximum atomic E-state index is 12.7. The van der Waals surface area contributed by atoms with Crippen LogP contribution in [0.15, 0.2) is 95.9 Å². The van der Waals surface area contributed by atoms with Crippen molar-refractivity contribution < 1.29 is 63.3 Å². The molecule has 15 nitrogen and oxygen atoms in total. The number of carbonyl (C=O) groups excluding carboxylic acids is 1. The molecular weight excluding hydrogens is 761 g/mol. The molecule has 2 aliphatic rings. The summed E-state index contributed by atoms with van der Waals surface area (Å²) in [5.74, 6) is -3.13. The van der Waals surface area contributed by atoms with Crippen LogP contribution in [0.2, 0.25) is 0 Å². The van der Waals surface area contributed by atoms with Crippen LogP contribution in [-0.2, 0) is 29.7 Å². The number of benzene rings is 3. The second-order valence-electron chi connectivity index (χ2n) is 12.1. The average molecular weight is 807 g/mol. The van der Waals surface area contributed by atoms with E-state index in [0.717, 1.165) is 44.9 Å². The van der Waals surface area contributed by atoms with Crippen LogP contribution in [0.3, 0.4) is 0 Å². The molecule has 5 rings (SSSR count). The molecule has 304 valence electrons. The lowest BCUT2D eigenvalue weighted by Gasteiger charge is -2.34. The highest BCUT2D eigenvalue weighted by molar-refractivity contribution is 7.98. The molecule has 3 aromatic carbocycles. The van der Waals surface area contributed by atoms with Gasteiger partial charge in [-0.2, -0.15) is 0 Å². The van der Waals surface area contributed by atoms with Crippen molar-refractivity contribution in [3.8, 4) is 17.2 Å². The number of piperazine rings is 1. The minimum Gasteiger partial charge on any atom is -0.493 e. The van der Waals surface area contributed by atoms with Gasteiger partial charge >= 0.3 is 29.8 Å². The summed E-state index contributed by atoms with van der Waals surface area (Å²) >= 11 is 1.92. The highest BCUT2D eigenvalue weighted by Crippen LogP contribution is 2.40. The molecule has 2 heterocycles. The predicted octanol–water partition coefficient (Wildman–Crippen LogP) is 5.04. The van der Waals surface area contributed by atoms with Crippen molar-refractivity contribution in [1.29, 1.82) is 0 Å². The molecule has 1 saturated heterocycles. The number of hydrogen-bond donors (Lipinski definition) is 4. The van der Waals surface area contributed by atoms with Crippen molar-refractivity contribution in [2.45, 2.75) is 17.1 Å². The number of methoxy groups -OCH3 is 3. The van der Waals surface area contributed by atoms with Crippen LogP contribution in [0.1, 0.15) is 33.5 Å². The quantitative estimate of drug-likeness (QED) is 0.124. The number of rotatable bonds is 14. The van der Waals surface area contributed by atoms with Gasteiger partial charge in [0, 0.05) is 74.2 Å². The van der Waals surface area contributed by atoms with Crippen LogP contribution in [-0.4, -0.2) is 127 Å². The fourth-order valence-electron chi connectivity index (χ4n) is 5.71. The number of thioether (sulfide) groups is 1. The van der Waals surface area contributed by atoms with Gasteiger partial charge in [0.05, 0.1) is 26.9 Å². The Balaban J connectivity index is 0.000000457. The van der Waals surface area contributed by atoms with Gasteiger partial charge in [0.1, 0.15) is 6.61 Å². The molecule has 0 unspecified atom stereocenters. The van der Waals surface area contributed by atoms with E-state index in [-0.39, 0.29) is 0 Å². The SMILES string of the molecule is COc1cc(C(=O)OCCN2CCN(CC/C=C3/c4ccccc4CSc4ccccc43)CC2)cc(OC)c1OC.O=C(O)/C=C\C(=O)O.O=C(O)/C=C\C(=O)O. The Bertz CT molecular complexity index is 1810. The normalized spacial score (nSPS) is 14.5. The first-order chi connectivity index (χ1) is 27.4. The zero-order valence-electron chi connectivity index (χ0n) is 31.8. The molecule has 1 fully saturated rings. The molecule has 0 radical (unpaired) electrons. The highest BCUT2D eigenvalue weighted by atomic mass is 32.2. The van der Waals surface area contributed by atoms with E-state index in [0.29, 0.717) is 60.3 Å². The molecule has 0 aromatic heterocycles. The Morgan fingerprint density at radius 1 is 0.667 bits per heavy atom. The highest BCUT2D eigenvalue weighted by Gasteiger charge is 2.21. The Kier molecular flexibility index (Phi) is 18.9. The molecule has 0 saturated carbocycles. The molecule has 0 spiro atoms. The summed E-state index contributed by atoms with van der Waals surface area (Å²) in [6.07, 6.45) is 5.67. The minimum atomic E-state index is -1.26. The maximum Gasteiger partial charge on any atom is 0.338 e. The summed E-state index contributed by atoms with van der Waals surface area (Å²) in [6.45, 7) is 6.00. The summed E-state index contributed by atoms with van der Waals surface area (Å²) < 4.78 is 21.6. The smallest absolute Gasteiger partial charge is 0.338 e. The van der Waals surface area contributed by atoms with Crippen LogP contribution in [0.25, 0.3) is 5.57 Å². The van der Waals surface area contributed by atoms with E-state index in [1.54, 1.807) is 12.1 Å². The van der Waals surface area contributed by atoms with E-state index < -0.39 is 29.8 Å². The molecule has 0 atom stereocenters. The molecule has 2 aliphatic heterocycles. The molecule has 0 aliphatic carbocycles. The van der Waals surface area contributed by atoms with Gasteiger partial charge in [-0.1, -0.05) is 48.5 Å². The minimum absolute atomic E-state index is 0.332. The van der Waals surface area contributed by atoms with Gasteiger partial charge in [-0.3, -0.25) is 4.90 Å². The Labute approximate surface area is 334 Å². The van der Waals surface area contributed by atoms with E-state index in [9.17, 15) is 24.0 Å². The first-order valence-electron chi connectivity index (χ1n) is 17.6. The van der Waals surface area contributed by atoms with Crippen molar-refractivity contribution >= 4 is 47.2 Å². The number of carboxylic acids is 4. The van der Waals surface area contributed by atoms with Gasteiger partial charge in [-0.05, 0) is 46.9 Å². The number of hydrogen-bond acceptors (Lipinski definition) is 12. The van der Waals surface area contributed by atoms with E-state index >= 15 is 0 Å². The largest absolute Gasteiger partial charge is 0.493 e. The summed E-state index contributed by atoms with van der Waals surface area (Å²) in [5, 5.41) is 31.2. The Morgan fingerprint density at radius 2 is 1.16 bits per heavy atom. The molecule has 3 aromatic rings. The number of carboxylic acid groups (broad SMARTS) is 4. The summed E-state index contributed by atoms with van der Waals surface area (Å²) in [6, 6.07) is 20.8. The molecular formula is C41H46N2O13S. The second-order valence-corrected chi connectivity index (χ2v) is 13.1. The van der Waals surface area contributed by atoms with Crippen molar-refractivity contribution in [2.24, 2.45) is 0 Å². The lowest BCUT2D eigenvalue weighted by atomic mass is 9.93. The standard InChI is InChI=1S/C33H38N2O5S.2C4H4O4/c1-37-29-21-25(22-30(38-2)32(29)39-3)33(36)40-20-19-35-17-15-34(16-18-35)14-8-12-27-26-10-5-4-9-24(26)23-41-31-13-7-6-11-28(27)31;2*5-3(6)1-2-4(7)8/h4-7,9-13,21-22H,8,14-20,23H2,1-3H3;2*1-2H,(H,5,6)(H,7,8)/b27-12-;2*2-1-. The number of ether oxygens (including phenoxy) is 4. The van der Waals surface area contributed by atoms with Gasteiger partial charge < -0.3 is 44.3 Å². The second kappa shape index (κ2) is 23.7. The first kappa shape index (κ1) is 45.3. The van der Waals surface area contributed by atoms with Gasteiger partial charge in [0.15, 0.2) is 11.5 Å². The molecule has 0 amide bonds. The first-order valence-corrected chi connectivity index (χ1v) is 18.6. The molecule has 57 heavy (non-hydrogen) atoms. The molecule has 4 N–H and O–H groups in total. The number of nitrogens with zero attached hydrogens (tertiary/aromatic N) is 2. The fourth-order valence-corrected chi connectivity index (χ4v) is 6.78. The van der Waals surface area contributed by atoms with E-state index in [2.05, 4.69) is 64.4 Å². The number of fused-ring (bicyclic) bond motifs is 2. The van der Waals surface area contributed by atoms with Crippen LogP contribution >= 0.6 is 11.8 Å². The topological polar surface area (TPSA) is 210 Å². The number of esters is 1. The summed E-state index contributed by atoms with van der Waals surface area (Å²) in [4.78, 5) is 57.1. The van der Waals surface area contributed by atoms with Gasteiger partial charge in [0.2, 0.25) is 5.75 Å². The van der Waals surface area contributed by atoms with Crippen molar-refractivity contribution in [2.75, 3.05) is 67.2 Å². The van der Waals surface area contributed by atoms with Crippen molar-refractivity contribution in [3.05, 3.63) is 113 Å². The predicted molar refractivity (Wildman–Crippen MR) is 212 cm³/mol. The zero-order chi connectivity index (χ0) is 41.7. The molecule has 16 heteroatoms. The summed E-state index contributed by atoms with van der Waals surface area (Å²) in [7, 11) is 4.58. The van der Waals surface area contributed by atoms with Crippen molar-refractivity contribution in [3.63, 3.8) is 0 Å². The number of carbonyl (C=O) groups is 5. The summed E-state index contributed by atoms with van der Waals surface area (Å²) in [5.41, 5.74) is 5.83. The lowest BCUT2D eigenvalue weighted by molar-refractivity contribution is -0.134. The average Bonchev–Trinajstić information content (AvgIpc) is 3.36. The van der Waals surface area contributed by atoms with Crippen LogP contribution in [0, 0.1) is 0 Å². The van der Waals surface area contributed by atoms with Gasteiger partial charge in [-0.15, -0.1) is 11.8 Å². The van der Waals surface area contributed by atoms with Gasteiger partial charge in [0.25, 0.3) is 0 Å². The number of aliphatic carboxylic acids is 4. The molecule has 0 bridgehead atoms. The fraction of sp³-hybridized carbons (Fsp3) is 0.293.